The number of methoxy groups -OCH3 is 1. The van der Waals surface area contributed by atoms with E-state index in [-0.39, 0.29) is 10.4 Å². The van der Waals surface area contributed by atoms with E-state index in [1.807, 2.05) is 18.2 Å². The summed E-state index contributed by atoms with van der Waals surface area (Å²) in [5, 5.41) is 0.234. The number of carbonyl (C=O) groups is 1. The molecule has 78 valence electrons. The van der Waals surface area contributed by atoms with Crippen LogP contribution in [-0.4, -0.2) is 17.5 Å². The molecule has 2 rings (SSSR count). The van der Waals surface area contributed by atoms with Crippen LogP contribution in [0.4, 0.5) is 0 Å². The highest BCUT2D eigenvalue weighted by Crippen LogP contribution is 2.31. The molecule has 1 aliphatic heterocycles. The van der Waals surface area contributed by atoms with E-state index in [0.29, 0.717) is 0 Å². The zero-order valence-corrected chi connectivity index (χ0v) is 9.29. The largest absolute Gasteiger partial charge is 0.500 e. The summed E-state index contributed by atoms with van der Waals surface area (Å²) in [5.74, 6) is 0.786. The summed E-state index contributed by atoms with van der Waals surface area (Å²) < 4.78 is 5.19. The number of benzene rings is 1. The predicted molar refractivity (Wildman–Crippen MR) is 61.6 cm³/mol. The number of carbonyl (C=O) groups excluding carboxylic acids is 1. The molecule has 1 heterocycles. The van der Waals surface area contributed by atoms with E-state index < -0.39 is 0 Å². The molecule has 0 saturated carbocycles. The lowest BCUT2D eigenvalue weighted by molar-refractivity contribution is -0.107. The first kappa shape index (κ1) is 10.3. The van der Waals surface area contributed by atoms with E-state index in [0.717, 1.165) is 12.2 Å². The molecule has 1 unspecified atom stereocenters. The fourth-order valence-electron chi connectivity index (χ4n) is 1.60. The summed E-state index contributed by atoms with van der Waals surface area (Å²) in [7, 11) is 1.61. The van der Waals surface area contributed by atoms with Gasteiger partial charge in [0, 0.05) is 6.08 Å². The maximum Gasteiger partial charge on any atom is 0.216 e. The lowest BCUT2D eigenvalue weighted by Crippen LogP contribution is -2.08. The molecule has 0 fully saturated rings. The Morgan fingerprint density at radius 3 is 2.73 bits per heavy atom. The van der Waals surface area contributed by atoms with Crippen molar-refractivity contribution in [3.8, 4) is 0 Å². The fraction of sp³-hybridized carbons (Fsp3) is 0.250. The molecule has 0 aromatic heterocycles. The average Bonchev–Trinajstić information content (AvgIpc) is 2.60. The minimum absolute atomic E-state index is 0.0905. The molecule has 0 amide bonds. The second kappa shape index (κ2) is 4.53. The normalized spacial score (nSPS) is 20.2. The van der Waals surface area contributed by atoms with Crippen molar-refractivity contribution in [2.24, 2.45) is 0 Å². The van der Waals surface area contributed by atoms with Gasteiger partial charge >= 0.3 is 0 Å². The molecule has 0 spiro atoms. The predicted octanol–water partition coefficient (Wildman–Crippen LogP) is 2.40. The van der Waals surface area contributed by atoms with Gasteiger partial charge in [0.2, 0.25) is 5.12 Å². The zero-order valence-electron chi connectivity index (χ0n) is 8.47. The van der Waals surface area contributed by atoms with Gasteiger partial charge in [-0.2, -0.15) is 0 Å². The van der Waals surface area contributed by atoms with Crippen LogP contribution < -0.4 is 0 Å². The second-order valence-electron chi connectivity index (χ2n) is 3.37. The number of hydrogen-bond acceptors (Lipinski definition) is 3. The molecule has 0 saturated heterocycles. The SMILES string of the molecule is COC1=CC(=O)SC1Cc1ccccc1. The summed E-state index contributed by atoms with van der Waals surface area (Å²) in [6, 6.07) is 10.1. The van der Waals surface area contributed by atoms with Gasteiger partial charge < -0.3 is 4.74 Å². The zero-order chi connectivity index (χ0) is 10.7. The standard InChI is InChI=1S/C12H12O2S/c1-14-10-8-12(13)15-11(10)7-9-5-3-2-4-6-9/h2-6,8,11H,7H2,1H3. The van der Waals surface area contributed by atoms with E-state index in [4.69, 9.17) is 4.74 Å². The molecule has 0 aliphatic carbocycles. The van der Waals surface area contributed by atoms with Crippen molar-refractivity contribution in [2.45, 2.75) is 11.7 Å². The van der Waals surface area contributed by atoms with E-state index in [1.54, 1.807) is 13.2 Å². The molecule has 1 atom stereocenters. The molecular weight excluding hydrogens is 208 g/mol. The van der Waals surface area contributed by atoms with Gasteiger partial charge in [0.15, 0.2) is 0 Å². The van der Waals surface area contributed by atoms with E-state index in [1.165, 1.54) is 17.3 Å². The summed E-state index contributed by atoms with van der Waals surface area (Å²) >= 11 is 1.34. The Balaban J connectivity index is 2.08. The Labute approximate surface area is 93.3 Å². The van der Waals surface area contributed by atoms with Crippen molar-refractivity contribution >= 4 is 16.9 Å². The Morgan fingerprint density at radius 2 is 2.07 bits per heavy atom. The highest BCUT2D eigenvalue weighted by molar-refractivity contribution is 8.15. The fourth-order valence-corrected chi connectivity index (χ4v) is 2.62. The van der Waals surface area contributed by atoms with Crippen LogP contribution in [0.5, 0.6) is 0 Å². The number of hydrogen-bond donors (Lipinski definition) is 0. The summed E-state index contributed by atoms with van der Waals surface area (Å²) in [6.07, 6.45) is 2.43. The Morgan fingerprint density at radius 1 is 1.33 bits per heavy atom. The third kappa shape index (κ3) is 2.42. The maximum atomic E-state index is 11.2. The van der Waals surface area contributed by atoms with Gasteiger partial charge in [-0.25, -0.2) is 0 Å². The lowest BCUT2D eigenvalue weighted by atomic mass is 10.1. The molecule has 15 heavy (non-hydrogen) atoms. The topological polar surface area (TPSA) is 26.3 Å². The highest BCUT2D eigenvalue weighted by Gasteiger charge is 2.26. The van der Waals surface area contributed by atoms with E-state index in [2.05, 4.69) is 12.1 Å². The smallest absolute Gasteiger partial charge is 0.216 e. The molecule has 3 heteroatoms. The summed E-state index contributed by atoms with van der Waals surface area (Å²) in [5.41, 5.74) is 1.23. The van der Waals surface area contributed by atoms with Crippen LogP contribution in [0.3, 0.4) is 0 Å². The van der Waals surface area contributed by atoms with Crippen LogP contribution in [0.1, 0.15) is 5.56 Å². The molecule has 1 aromatic rings. The number of rotatable bonds is 3. The van der Waals surface area contributed by atoms with Gasteiger partial charge in [-0.3, -0.25) is 4.79 Å². The van der Waals surface area contributed by atoms with Gasteiger partial charge in [-0.15, -0.1) is 0 Å². The molecule has 0 bridgehead atoms. The van der Waals surface area contributed by atoms with Gasteiger partial charge in [-0.05, 0) is 12.0 Å². The van der Waals surface area contributed by atoms with E-state index >= 15 is 0 Å². The van der Waals surface area contributed by atoms with Crippen molar-refractivity contribution < 1.29 is 9.53 Å². The van der Waals surface area contributed by atoms with Crippen molar-refractivity contribution in [1.82, 2.24) is 0 Å². The van der Waals surface area contributed by atoms with Gasteiger partial charge in [0.1, 0.15) is 5.76 Å². The summed E-state index contributed by atoms with van der Waals surface area (Å²) in [4.78, 5) is 11.2. The third-order valence-electron chi connectivity index (χ3n) is 2.34. The maximum absolute atomic E-state index is 11.2. The van der Waals surface area contributed by atoms with Gasteiger partial charge in [0.25, 0.3) is 0 Å². The van der Waals surface area contributed by atoms with Crippen LogP contribution in [0.25, 0.3) is 0 Å². The van der Waals surface area contributed by atoms with Crippen molar-refractivity contribution in [2.75, 3.05) is 7.11 Å². The summed E-state index contributed by atoms with van der Waals surface area (Å²) in [6.45, 7) is 0. The highest BCUT2D eigenvalue weighted by atomic mass is 32.2. The first-order valence-corrected chi connectivity index (χ1v) is 5.67. The van der Waals surface area contributed by atoms with Crippen molar-refractivity contribution in [3.63, 3.8) is 0 Å². The van der Waals surface area contributed by atoms with Crippen LogP contribution in [0.2, 0.25) is 0 Å². The first-order chi connectivity index (χ1) is 7.29. The molecule has 1 aromatic carbocycles. The van der Waals surface area contributed by atoms with Crippen LogP contribution in [-0.2, 0) is 16.0 Å². The monoisotopic (exact) mass is 220 g/mol. The number of ether oxygens (including phenoxy) is 1. The molecule has 0 radical (unpaired) electrons. The van der Waals surface area contributed by atoms with Gasteiger partial charge in [-0.1, -0.05) is 42.1 Å². The van der Waals surface area contributed by atoms with Crippen LogP contribution in [0.15, 0.2) is 42.2 Å². The Kier molecular flexibility index (Phi) is 3.11. The minimum atomic E-state index is 0.0905. The molecular formula is C12H12O2S. The third-order valence-corrected chi connectivity index (χ3v) is 3.37. The lowest BCUT2D eigenvalue weighted by Gasteiger charge is -2.11. The Bertz CT molecular complexity index is 384. The first-order valence-electron chi connectivity index (χ1n) is 4.79. The molecule has 0 N–H and O–H groups in total. The van der Waals surface area contributed by atoms with Crippen molar-refractivity contribution in [3.05, 3.63) is 47.7 Å². The average molecular weight is 220 g/mol. The second-order valence-corrected chi connectivity index (χ2v) is 4.57. The van der Waals surface area contributed by atoms with E-state index in [9.17, 15) is 4.79 Å². The van der Waals surface area contributed by atoms with Crippen molar-refractivity contribution in [1.29, 1.82) is 0 Å². The molecule has 1 aliphatic rings. The Hall–Kier alpha value is -1.22. The van der Waals surface area contributed by atoms with Crippen LogP contribution >= 0.6 is 11.8 Å². The number of thioether (sulfide) groups is 1. The minimum Gasteiger partial charge on any atom is -0.500 e. The van der Waals surface area contributed by atoms with Gasteiger partial charge in [0.05, 0.1) is 12.4 Å². The van der Waals surface area contributed by atoms with Crippen LogP contribution in [0, 0.1) is 0 Å². The quantitative estimate of drug-likeness (QED) is 0.782. The molecule has 2 nitrogen and oxygen atoms in total.